The molecule has 2 aromatic carbocycles. The molecule has 0 aliphatic heterocycles. The number of carbonyl (C=O) groups is 3. The molecule has 5 aromatic rings. The lowest BCUT2D eigenvalue weighted by Crippen LogP contribution is -2.33. The number of benzene rings is 2. The van der Waals surface area contributed by atoms with Gasteiger partial charge in [0.1, 0.15) is 5.75 Å². The number of halogens is 1. The van der Waals surface area contributed by atoms with E-state index in [1.54, 1.807) is 37.7 Å². The number of carbonyl (C=O) groups excluding carboxylic acids is 3. The van der Waals surface area contributed by atoms with Gasteiger partial charge in [-0.3, -0.25) is 14.8 Å². The number of urea groups is 1. The van der Waals surface area contributed by atoms with Crippen molar-refractivity contribution < 1.29 is 33.0 Å². The van der Waals surface area contributed by atoms with Crippen molar-refractivity contribution in [3.05, 3.63) is 96.1 Å². The fourth-order valence-corrected chi connectivity index (χ4v) is 5.44. The van der Waals surface area contributed by atoms with Crippen LogP contribution in [0.15, 0.2) is 79.1 Å². The van der Waals surface area contributed by atoms with Crippen LogP contribution in [-0.2, 0) is 16.0 Å². The molecule has 14 heteroatoms. The first-order chi connectivity index (χ1) is 22.2. The van der Waals surface area contributed by atoms with Crippen molar-refractivity contribution in [2.24, 2.45) is 5.73 Å². The molecule has 0 saturated carbocycles. The summed E-state index contributed by atoms with van der Waals surface area (Å²) in [5, 5.41) is 5.12. The third-order valence-corrected chi connectivity index (χ3v) is 7.80. The first-order valence-electron chi connectivity index (χ1n) is 13.8. The van der Waals surface area contributed by atoms with E-state index in [0.717, 1.165) is 16.5 Å². The molecule has 0 aliphatic rings. The third kappa shape index (κ3) is 7.72. The maximum atomic E-state index is 15.1. The number of hydrogen-bond donors (Lipinski definition) is 3. The van der Waals surface area contributed by atoms with E-state index < -0.39 is 23.8 Å². The van der Waals surface area contributed by atoms with Crippen LogP contribution in [0.3, 0.4) is 0 Å². The van der Waals surface area contributed by atoms with Crippen LogP contribution in [0.2, 0.25) is 0 Å². The van der Waals surface area contributed by atoms with Crippen molar-refractivity contribution in [3.8, 4) is 22.1 Å². The molecule has 0 saturated heterocycles. The zero-order valence-electron chi connectivity index (χ0n) is 24.8. The number of pyridine rings is 2. The maximum absolute atomic E-state index is 15.1. The number of nitrogens with two attached hydrogens (primary N) is 1. The molecule has 3 aromatic heterocycles. The molecule has 4 amide bonds. The smallest absolute Gasteiger partial charge is 0.409 e. The number of nitrogens with one attached hydrogen (secondary N) is 2. The van der Waals surface area contributed by atoms with E-state index in [9.17, 15) is 14.4 Å². The molecule has 4 N–H and O–H groups in total. The summed E-state index contributed by atoms with van der Waals surface area (Å²) in [6.45, 7) is 1.06. The Bertz CT molecular complexity index is 1880. The fourth-order valence-electron chi connectivity index (χ4n) is 4.39. The van der Waals surface area contributed by atoms with E-state index >= 15 is 4.39 Å². The van der Waals surface area contributed by atoms with Gasteiger partial charge in [0.05, 0.1) is 41.0 Å². The normalized spacial score (nSPS) is 10.8. The van der Waals surface area contributed by atoms with Crippen molar-refractivity contribution in [2.75, 3.05) is 38.0 Å². The van der Waals surface area contributed by atoms with Crippen molar-refractivity contribution >= 4 is 51.0 Å². The lowest BCUT2D eigenvalue weighted by molar-refractivity contribution is 0.0996. The van der Waals surface area contributed by atoms with Gasteiger partial charge in [-0.05, 0) is 48.0 Å². The summed E-state index contributed by atoms with van der Waals surface area (Å²) in [5.41, 5.74) is 8.21. The SMILES string of the molecule is COCCN(Cc1ccc(-c2cc3nccc(Oc4ccc(NC(=O)Nc5cccc(C(N)=O)c5)cc4F)c3s2)nc1)C(=O)OC. The average Bonchev–Trinajstić information content (AvgIpc) is 3.50. The number of rotatable bonds is 11. The zero-order valence-corrected chi connectivity index (χ0v) is 25.6. The van der Waals surface area contributed by atoms with Gasteiger partial charge >= 0.3 is 12.1 Å². The van der Waals surface area contributed by atoms with Crippen molar-refractivity contribution in [2.45, 2.75) is 6.54 Å². The second kappa shape index (κ2) is 14.5. The molecule has 0 radical (unpaired) electrons. The summed E-state index contributed by atoms with van der Waals surface area (Å²) in [4.78, 5) is 47.2. The molecule has 0 aliphatic carbocycles. The largest absolute Gasteiger partial charge is 0.453 e. The highest BCUT2D eigenvalue weighted by molar-refractivity contribution is 7.22. The molecular formula is C32H29FN6O6S. The monoisotopic (exact) mass is 644 g/mol. The maximum Gasteiger partial charge on any atom is 0.409 e. The summed E-state index contributed by atoms with van der Waals surface area (Å²) in [7, 11) is 2.89. The van der Waals surface area contributed by atoms with E-state index in [1.807, 2.05) is 18.2 Å². The van der Waals surface area contributed by atoms with Crippen LogP contribution < -0.4 is 21.1 Å². The molecule has 12 nitrogen and oxygen atoms in total. The summed E-state index contributed by atoms with van der Waals surface area (Å²) in [6.07, 6.45) is 2.80. The van der Waals surface area contributed by atoms with Crippen molar-refractivity contribution in [3.63, 3.8) is 0 Å². The summed E-state index contributed by atoms with van der Waals surface area (Å²) in [6, 6.07) is 16.8. The number of primary amides is 1. The van der Waals surface area contributed by atoms with Crippen LogP contribution in [0.5, 0.6) is 11.5 Å². The van der Waals surface area contributed by atoms with Gasteiger partial charge in [-0.15, -0.1) is 11.3 Å². The average molecular weight is 645 g/mol. The van der Waals surface area contributed by atoms with Gasteiger partial charge in [-0.25, -0.2) is 14.0 Å². The van der Waals surface area contributed by atoms with Crippen LogP contribution in [-0.4, -0.2) is 60.3 Å². The van der Waals surface area contributed by atoms with Gasteiger partial charge in [0.2, 0.25) is 5.91 Å². The van der Waals surface area contributed by atoms with E-state index in [1.165, 1.54) is 47.6 Å². The van der Waals surface area contributed by atoms with Gasteiger partial charge in [0.25, 0.3) is 0 Å². The number of hydrogen-bond acceptors (Lipinski definition) is 9. The number of thiophene rings is 1. The molecule has 5 rings (SSSR count). The number of methoxy groups -OCH3 is 2. The minimum Gasteiger partial charge on any atom is -0.453 e. The summed E-state index contributed by atoms with van der Waals surface area (Å²) >= 11 is 1.39. The predicted molar refractivity (Wildman–Crippen MR) is 172 cm³/mol. The molecule has 0 atom stereocenters. The molecule has 3 heterocycles. The van der Waals surface area contributed by atoms with Gasteiger partial charge in [0, 0.05) is 55.1 Å². The number of fused-ring (bicyclic) bond motifs is 1. The molecule has 0 spiro atoms. The second-order valence-electron chi connectivity index (χ2n) is 9.84. The standard InChI is InChI=1S/C32H29FN6O6S/c1-43-13-12-39(32(42)44-2)18-19-6-8-24(36-17-19)28-16-25-29(46-28)27(10-11-35-25)45-26-9-7-22(15-23(26)33)38-31(41)37-21-5-3-4-20(14-21)30(34)40/h3-11,14-17H,12-13,18H2,1-2H3,(H2,34,40)(H2,37,38,41). The van der Waals surface area contributed by atoms with E-state index in [4.69, 9.17) is 19.9 Å². The Morgan fingerprint density at radius 3 is 2.46 bits per heavy atom. The number of anilines is 2. The van der Waals surface area contributed by atoms with Gasteiger partial charge in [-0.1, -0.05) is 12.1 Å². The van der Waals surface area contributed by atoms with Crippen LogP contribution in [0.4, 0.5) is 25.4 Å². The molecular weight excluding hydrogens is 615 g/mol. The van der Waals surface area contributed by atoms with Crippen LogP contribution in [0.25, 0.3) is 20.8 Å². The number of amides is 4. The number of aromatic nitrogens is 2. The molecule has 0 fully saturated rings. The number of ether oxygens (including phenoxy) is 3. The van der Waals surface area contributed by atoms with E-state index in [-0.39, 0.29) is 17.0 Å². The Labute approximate surface area is 266 Å². The quantitative estimate of drug-likeness (QED) is 0.152. The van der Waals surface area contributed by atoms with Crippen molar-refractivity contribution in [1.29, 1.82) is 0 Å². The highest BCUT2D eigenvalue weighted by Gasteiger charge is 2.17. The van der Waals surface area contributed by atoms with Gasteiger partial charge in [0.15, 0.2) is 11.6 Å². The van der Waals surface area contributed by atoms with Gasteiger partial charge in [-0.2, -0.15) is 0 Å². The van der Waals surface area contributed by atoms with E-state index in [2.05, 4.69) is 20.6 Å². The lowest BCUT2D eigenvalue weighted by Gasteiger charge is -2.20. The predicted octanol–water partition coefficient (Wildman–Crippen LogP) is 6.25. The van der Waals surface area contributed by atoms with Gasteiger partial charge < -0.3 is 35.5 Å². The molecule has 0 unspecified atom stereocenters. The Kier molecular flexibility index (Phi) is 10.00. The second-order valence-corrected chi connectivity index (χ2v) is 10.9. The Morgan fingerprint density at radius 1 is 0.957 bits per heavy atom. The Hall–Kier alpha value is -5.60. The fraction of sp³-hybridized carbons (Fsp3) is 0.156. The lowest BCUT2D eigenvalue weighted by atomic mass is 10.2. The Morgan fingerprint density at radius 2 is 1.76 bits per heavy atom. The summed E-state index contributed by atoms with van der Waals surface area (Å²) in [5.74, 6) is -0.971. The Balaban J connectivity index is 1.27. The van der Waals surface area contributed by atoms with E-state index in [0.29, 0.717) is 47.0 Å². The summed E-state index contributed by atoms with van der Waals surface area (Å²) < 4.78 is 31.7. The minimum atomic E-state index is -0.695. The zero-order chi connectivity index (χ0) is 32.6. The third-order valence-electron chi connectivity index (χ3n) is 6.64. The molecule has 46 heavy (non-hydrogen) atoms. The van der Waals surface area contributed by atoms with Crippen LogP contribution >= 0.6 is 11.3 Å². The van der Waals surface area contributed by atoms with Crippen LogP contribution in [0.1, 0.15) is 15.9 Å². The van der Waals surface area contributed by atoms with Crippen molar-refractivity contribution in [1.82, 2.24) is 14.9 Å². The first kappa shape index (κ1) is 31.8. The molecule has 0 bridgehead atoms. The van der Waals surface area contributed by atoms with Crippen LogP contribution in [0, 0.1) is 5.82 Å². The minimum absolute atomic E-state index is 0.0475. The highest BCUT2D eigenvalue weighted by atomic mass is 32.1. The first-order valence-corrected chi connectivity index (χ1v) is 14.7. The molecule has 236 valence electrons. The highest BCUT2D eigenvalue weighted by Crippen LogP contribution is 2.39. The number of nitrogens with zero attached hydrogens (tertiary/aromatic N) is 3. The topological polar surface area (TPSA) is 158 Å².